The standard InChI is InChI=1S/C26H30FN3O3S/c1-16(2)11-12-28-24(32)19-7-10-21-22(13-19)29-26(30(25(21)33)14-17(3)4)34-15-23(31)18-5-8-20(27)9-6-18/h5-10,13,16-17H,11-12,14-15H2,1-4H3,(H,28,32). The highest BCUT2D eigenvalue weighted by molar-refractivity contribution is 7.99. The molecular weight excluding hydrogens is 453 g/mol. The van der Waals surface area contributed by atoms with Crippen molar-refractivity contribution in [2.75, 3.05) is 12.3 Å². The average molecular weight is 484 g/mol. The maximum Gasteiger partial charge on any atom is 0.262 e. The lowest BCUT2D eigenvalue weighted by atomic mass is 10.1. The van der Waals surface area contributed by atoms with E-state index in [1.54, 1.807) is 22.8 Å². The molecule has 0 spiro atoms. The Hall–Kier alpha value is -3.00. The molecule has 1 amide bonds. The van der Waals surface area contributed by atoms with Crippen molar-refractivity contribution in [3.8, 4) is 0 Å². The number of hydrogen-bond acceptors (Lipinski definition) is 5. The number of aromatic nitrogens is 2. The zero-order valence-electron chi connectivity index (χ0n) is 19.9. The minimum Gasteiger partial charge on any atom is -0.352 e. The molecule has 34 heavy (non-hydrogen) atoms. The topological polar surface area (TPSA) is 81.1 Å². The van der Waals surface area contributed by atoms with Gasteiger partial charge in [-0.15, -0.1) is 0 Å². The maximum atomic E-state index is 13.2. The van der Waals surface area contributed by atoms with E-state index in [9.17, 15) is 18.8 Å². The van der Waals surface area contributed by atoms with Crippen LogP contribution in [0.2, 0.25) is 0 Å². The molecular formula is C26H30FN3O3S. The lowest BCUT2D eigenvalue weighted by molar-refractivity contribution is 0.0951. The number of Topliss-reactive ketones (excluding diaryl/α,β-unsaturated/α-hetero) is 1. The van der Waals surface area contributed by atoms with Gasteiger partial charge in [0.05, 0.1) is 16.7 Å². The van der Waals surface area contributed by atoms with Crippen LogP contribution in [-0.2, 0) is 6.54 Å². The summed E-state index contributed by atoms with van der Waals surface area (Å²) in [6.45, 7) is 9.21. The van der Waals surface area contributed by atoms with Gasteiger partial charge < -0.3 is 5.32 Å². The Balaban J connectivity index is 1.90. The van der Waals surface area contributed by atoms with E-state index in [0.717, 1.165) is 18.2 Å². The highest BCUT2D eigenvalue weighted by Gasteiger charge is 2.17. The van der Waals surface area contributed by atoms with Crippen molar-refractivity contribution < 1.29 is 14.0 Å². The van der Waals surface area contributed by atoms with Crippen LogP contribution in [0, 0.1) is 17.7 Å². The number of hydrogen-bond donors (Lipinski definition) is 1. The predicted molar refractivity (Wildman–Crippen MR) is 134 cm³/mol. The third kappa shape index (κ3) is 6.53. The summed E-state index contributed by atoms with van der Waals surface area (Å²) in [6, 6.07) is 10.3. The first-order valence-corrected chi connectivity index (χ1v) is 12.4. The molecule has 2 aromatic carbocycles. The Morgan fingerprint density at radius 2 is 1.71 bits per heavy atom. The SMILES string of the molecule is CC(C)CCNC(=O)c1ccc2c(=O)n(CC(C)C)c(SCC(=O)c3ccc(F)cc3)nc2c1. The second-order valence-corrected chi connectivity index (χ2v) is 10.0. The van der Waals surface area contributed by atoms with E-state index in [1.165, 1.54) is 24.3 Å². The van der Waals surface area contributed by atoms with E-state index in [-0.39, 0.29) is 28.9 Å². The largest absolute Gasteiger partial charge is 0.352 e. The fourth-order valence-electron chi connectivity index (χ4n) is 3.40. The Labute approximate surface area is 203 Å². The number of rotatable bonds is 10. The number of ketones is 1. The van der Waals surface area contributed by atoms with Gasteiger partial charge in [0.1, 0.15) is 5.82 Å². The summed E-state index contributed by atoms with van der Waals surface area (Å²) in [5.41, 5.74) is 1.04. The highest BCUT2D eigenvalue weighted by atomic mass is 32.2. The summed E-state index contributed by atoms with van der Waals surface area (Å²) in [5, 5.41) is 3.74. The van der Waals surface area contributed by atoms with Crippen LogP contribution in [0.4, 0.5) is 4.39 Å². The molecule has 180 valence electrons. The molecule has 0 aliphatic rings. The lowest BCUT2D eigenvalue weighted by Crippen LogP contribution is -2.27. The van der Waals surface area contributed by atoms with Crippen LogP contribution in [-0.4, -0.2) is 33.5 Å². The second kappa shape index (κ2) is 11.4. The van der Waals surface area contributed by atoms with Gasteiger partial charge in [0, 0.05) is 24.2 Å². The predicted octanol–water partition coefficient (Wildman–Crippen LogP) is 4.94. The summed E-state index contributed by atoms with van der Waals surface area (Å²) in [7, 11) is 0. The van der Waals surface area contributed by atoms with E-state index in [0.29, 0.717) is 46.2 Å². The van der Waals surface area contributed by atoms with Gasteiger partial charge in [-0.3, -0.25) is 19.0 Å². The maximum absolute atomic E-state index is 13.2. The first-order valence-electron chi connectivity index (χ1n) is 11.4. The van der Waals surface area contributed by atoms with Crippen molar-refractivity contribution in [3.63, 3.8) is 0 Å². The number of carbonyl (C=O) groups is 2. The zero-order valence-corrected chi connectivity index (χ0v) is 20.7. The molecule has 0 aliphatic heterocycles. The van der Waals surface area contributed by atoms with Crippen LogP contribution in [0.15, 0.2) is 52.4 Å². The molecule has 0 radical (unpaired) electrons. The molecule has 0 saturated carbocycles. The number of thioether (sulfide) groups is 1. The van der Waals surface area contributed by atoms with Crippen molar-refractivity contribution in [1.29, 1.82) is 0 Å². The molecule has 0 atom stereocenters. The van der Waals surface area contributed by atoms with Gasteiger partial charge in [0.15, 0.2) is 10.9 Å². The highest BCUT2D eigenvalue weighted by Crippen LogP contribution is 2.21. The monoisotopic (exact) mass is 483 g/mol. The van der Waals surface area contributed by atoms with Crippen LogP contribution in [0.1, 0.15) is 54.8 Å². The van der Waals surface area contributed by atoms with Crippen molar-refractivity contribution in [1.82, 2.24) is 14.9 Å². The van der Waals surface area contributed by atoms with E-state index >= 15 is 0 Å². The van der Waals surface area contributed by atoms with Gasteiger partial charge in [0.25, 0.3) is 11.5 Å². The van der Waals surface area contributed by atoms with Crippen molar-refractivity contribution in [2.45, 2.75) is 45.8 Å². The quantitative estimate of drug-likeness (QED) is 0.251. The second-order valence-electron chi connectivity index (χ2n) is 9.09. The van der Waals surface area contributed by atoms with Crippen LogP contribution in [0.5, 0.6) is 0 Å². The van der Waals surface area contributed by atoms with Gasteiger partial charge in [-0.25, -0.2) is 9.37 Å². The minimum atomic E-state index is -0.407. The molecule has 3 rings (SSSR count). The molecule has 0 bridgehead atoms. The van der Waals surface area contributed by atoms with Gasteiger partial charge >= 0.3 is 0 Å². The first-order chi connectivity index (χ1) is 16.2. The summed E-state index contributed by atoms with van der Waals surface area (Å²) >= 11 is 1.16. The fraction of sp³-hybridized carbons (Fsp3) is 0.385. The van der Waals surface area contributed by atoms with Crippen LogP contribution in [0.3, 0.4) is 0 Å². The van der Waals surface area contributed by atoms with Gasteiger partial charge in [-0.2, -0.15) is 0 Å². The Bertz CT molecular complexity index is 1240. The van der Waals surface area contributed by atoms with E-state index in [4.69, 9.17) is 0 Å². The Morgan fingerprint density at radius 3 is 2.35 bits per heavy atom. The number of amides is 1. The molecule has 1 N–H and O–H groups in total. The number of benzene rings is 2. The molecule has 8 heteroatoms. The molecule has 1 aromatic heterocycles. The molecule has 0 fully saturated rings. The number of carbonyl (C=O) groups excluding carboxylic acids is 2. The molecule has 3 aromatic rings. The van der Waals surface area contributed by atoms with E-state index in [2.05, 4.69) is 24.1 Å². The third-order valence-electron chi connectivity index (χ3n) is 5.24. The van der Waals surface area contributed by atoms with Crippen LogP contribution >= 0.6 is 11.8 Å². The van der Waals surface area contributed by atoms with Gasteiger partial charge in [0.2, 0.25) is 0 Å². The normalized spacial score (nSPS) is 11.4. The smallest absolute Gasteiger partial charge is 0.262 e. The Kier molecular flexibility index (Phi) is 8.61. The summed E-state index contributed by atoms with van der Waals surface area (Å²) < 4.78 is 14.7. The van der Waals surface area contributed by atoms with E-state index in [1.807, 2.05) is 13.8 Å². The molecule has 6 nitrogen and oxygen atoms in total. The van der Waals surface area contributed by atoms with Crippen molar-refractivity contribution in [2.24, 2.45) is 11.8 Å². The number of nitrogens with one attached hydrogen (secondary N) is 1. The Morgan fingerprint density at radius 1 is 1.03 bits per heavy atom. The fourth-order valence-corrected chi connectivity index (χ4v) is 4.31. The summed E-state index contributed by atoms with van der Waals surface area (Å²) in [4.78, 5) is 43.0. The van der Waals surface area contributed by atoms with Crippen LogP contribution in [0.25, 0.3) is 10.9 Å². The van der Waals surface area contributed by atoms with Gasteiger partial charge in [-0.05, 0) is 60.7 Å². The molecule has 0 aliphatic carbocycles. The van der Waals surface area contributed by atoms with Gasteiger partial charge in [-0.1, -0.05) is 39.5 Å². The van der Waals surface area contributed by atoms with Crippen molar-refractivity contribution in [3.05, 3.63) is 69.8 Å². The minimum absolute atomic E-state index is 0.0526. The average Bonchev–Trinajstić information content (AvgIpc) is 2.79. The summed E-state index contributed by atoms with van der Waals surface area (Å²) in [6.07, 6.45) is 0.875. The summed E-state index contributed by atoms with van der Waals surface area (Å²) in [5.74, 6) is -0.0810. The van der Waals surface area contributed by atoms with Crippen LogP contribution < -0.4 is 10.9 Å². The third-order valence-corrected chi connectivity index (χ3v) is 6.21. The zero-order chi connectivity index (χ0) is 24.8. The number of nitrogens with zero attached hydrogens (tertiary/aromatic N) is 2. The molecule has 0 saturated heterocycles. The molecule has 0 unspecified atom stereocenters. The van der Waals surface area contributed by atoms with E-state index < -0.39 is 5.82 Å². The number of fused-ring (bicyclic) bond motifs is 1. The lowest BCUT2D eigenvalue weighted by Gasteiger charge is -2.15. The first kappa shape index (κ1) is 25.6. The molecule has 1 heterocycles. The van der Waals surface area contributed by atoms with Crippen molar-refractivity contribution >= 4 is 34.4 Å². The number of halogens is 1.